The number of nitrogens with one attached hydrogen (secondary N) is 3. The molecule has 1 aliphatic heterocycles. The number of ether oxygens (including phenoxy) is 1. The number of aromatic nitrogens is 1. The quantitative estimate of drug-likeness (QED) is 0.391. The Bertz CT molecular complexity index is 1220. The second kappa shape index (κ2) is 13.2. The fourth-order valence-corrected chi connectivity index (χ4v) is 5.33. The second-order valence-corrected chi connectivity index (χ2v) is 11.3. The largest absolute Gasteiger partial charge is 0.487 e. The van der Waals surface area contributed by atoms with Crippen LogP contribution in [0.1, 0.15) is 67.8 Å². The van der Waals surface area contributed by atoms with Crippen LogP contribution in [0.5, 0.6) is 5.75 Å². The van der Waals surface area contributed by atoms with Gasteiger partial charge < -0.3 is 40.1 Å². The Labute approximate surface area is 240 Å². The fraction of sp³-hybridized carbons (Fsp3) is 0.586. The van der Waals surface area contributed by atoms with Crippen molar-refractivity contribution in [3.63, 3.8) is 0 Å². The molecular weight excluding hydrogens is 528 g/mol. The highest BCUT2D eigenvalue weighted by atomic mass is 16.5. The van der Waals surface area contributed by atoms with Crippen LogP contribution in [0.25, 0.3) is 0 Å². The highest BCUT2D eigenvalue weighted by molar-refractivity contribution is 5.99. The lowest BCUT2D eigenvalue weighted by atomic mass is 9.96. The van der Waals surface area contributed by atoms with Gasteiger partial charge in [0.1, 0.15) is 23.2 Å². The van der Waals surface area contributed by atoms with E-state index in [1.54, 1.807) is 50.9 Å². The Morgan fingerprint density at radius 1 is 1.20 bits per heavy atom. The molecule has 1 aliphatic carbocycles. The molecule has 1 fully saturated rings. The maximum Gasteiger partial charge on any atom is 0.321 e. The third-order valence-corrected chi connectivity index (χ3v) is 7.93. The average molecular weight is 571 g/mol. The van der Waals surface area contributed by atoms with Crippen LogP contribution in [-0.2, 0) is 0 Å². The molecule has 5 amide bonds. The number of likely N-dealkylation sites (N-methyl/N-ethyl adjacent to an activating group) is 1. The molecule has 4 N–H and O–H groups in total. The van der Waals surface area contributed by atoms with E-state index in [9.17, 15) is 19.5 Å². The van der Waals surface area contributed by atoms with Crippen molar-refractivity contribution in [2.75, 3.05) is 37.4 Å². The van der Waals surface area contributed by atoms with E-state index in [1.807, 2.05) is 6.92 Å². The van der Waals surface area contributed by atoms with E-state index in [4.69, 9.17) is 9.26 Å². The Morgan fingerprint density at radius 2 is 1.93 bits per heavy atom. The van der Waals surface area contributed by atoms with E-state index >= 15 is 0 Å². The first-order valence-corrected chi connectivity index (χ1v) is 14.3. The Kier molecular flexibility index (Phi) is 9.74. The van der Waals surface area contributed by atoms with E-state index in [1.165, 1.54) is 11.3 Å². The summed E-state index contributed by atoms with van der Waals surface area (Å²) >= 11 is 0. The summed E-state index contributed by atoms with van der Waals surface area (Å²) in [4.78, 5) is 42.5. The van der Waals surface area contributed by atoms with Gasteiger partial charge in [-0.15, -0.1) is 0 Å². The van der Waals surface area contributed by atoms with E-state index in [-0.39, 0.29) is 48.6 Å². The standard InChI is InChI=1S/C29H42N6O6/c1-17-14-35(18(2)16-36)27(37)23-13-22(31-28(38)30-21-9-7-6-8-10-21)11-12-24(23)40-25(17)15-34(5)29(39)32-26-19(3)33-41-20(26)4/h11-13,17-18,21,25,36H,6-10,14-16H2,1-5H3,(H,32,39)(H2,30,31,38)/t17-,18-,25-/m1/s1. The minimum Gasteiger partial charge on any atom is -0.487 e. The minimum atomic E-state index is -0.468. The van der Waals surface area contributed by atoms with Gasteiger partial charge in [-0.25, -0.2) is 9.59 Å². The Hall–Kier alpha value is -3.80. The van der Waals surface area contributed by atoms with Crippen LogP contribution in [0.4, 0.5) is 21.0 Å². The number of rotatable bonds is 7. The molecule has 3 atom stereocenters. The van der Waals surface area contributed by atoms with Gasteiger partial charge in [-0.2, -0.15) is 0 Å². The number of amides is 5. The van der Waals surface area contributed by atoms with Crippen molar-refractivity contribution in [2.24, 2.45) is 5.92 Å². The third kappa shape index (κ3) is 7.29. The molecule has 0 unspecified atom stereocenters. The number of benzene rings is 1. The highest BCUT2D eigenvalue weighted by Gasteiger charge is 2.34. The number of nitrogens with zero attached hydrogens (tertiary/aromatic N) is 3. The van der Waals surface area contributed by atoms with Gasteiger partial charge in [-0.3, -0.25) is 4.79 Å². The van der Waals surface area contributed by atoms with Gasteiger partial charge in [0, 0.05) is 31.2 Å². The molecule has 224 valence electrons. The summed E-state index contributed by atoms with van der Waals surface area (Å²) in [5.41, 5.74) is 1.85. The number of urea groups is 2. The van der Waals surface area contributed by atoms with Crippen molar-refractivity contribution in [3.05, 3.63) is 35.2 Å². The number of fused-ring (bicyclic) bond motifs is 1. The Morgan fingerprint density at radius 3 is 2.59 bits per heavy atom. The topological polar surface area (TPSA) is 149 Å². The molecule has 2 aliphatic rings. The molecule has 1 aromatic heterocycles. The molecule has 2 heterocycles. The van der Waals surface area contributed by atoms with Crippen molar-refractivity contribution in [1.82, 2.24) is 20.3 Å². The van der Waals surface area contributed by atoms with Gasteiger partial charge in [-0.1, -0.05) is 31.3 Å². The predicted octanol–water partition coefficient (Wildman–Crippen LogP) is 4.13. The van der Waals surface area contributed by atoms with E-state index in [2.05, 4.69) is 21.1 Å². The smallest absolute Gasteiger partial charge is 0.321 e. The van der Waals surface area contributed by atoms with Crippen molar-refractivity contribution in [2.45, 2.75) is 78.0 Å². The number of carbonyl (C=O) groups excluding carboxylic acids is 3. The molecule has 4 rings (SSSR count). The first-order chi connectivity index (χ1) is 19.6. The second-order valence-electron chi connectivity index (χ2n) is 11.3. The van der Waals surface area contributed by atoms with Gasteiger partial charge >= 0.3 is 12.1 Å². The number of aliphatic hydroxyl groups excluding tert-OH is 1. The summed E-state index contributed by atoms with van der Waals surface area (Å²) < 4.78 is 11.5. The average Bonchev–Trinajstić information content (AvgIpc) is 3.27. The Balaban J connectivity index is 1.53. The molecule has 0 radical (unpaired) electrons. The van der Waals surface area contributed by atoms with Gasteiger partial charge in [-0.05, 0) is 51.8 Å². The molecule has 1 aromatic carbocycles. The van der Waals surface area contributed by atoms with Gasteiger partial charge in [0.2, 0.25) is 0 Å². The van der Waals surface area contributed by atoms with Gasteiger partial charge in [0.15, 0.2) is 5.76 Å². The number of hydrogen-bond acceptors (Lipinski definition) is 7. The molecule has 0 spiro atoms. The zero-order valence-electron chi connectivity index (χ0n) is 24.5. The molecule has 0 saturated heterocycles. The van der Waals surface area contributed by atoms with Gasteiger partial charge in [0.05, 0.1) is 24.8 Å². The van der Waals surface area contributed by atoms with Gasteiger partial charge in [0.25, 0.3) is 5.91 Å². The summed E-state index contributed by atoms with van der Waals surface area (Å²) in [5.74, 6) is 0.388. The number of anilines is 2. The molecule has 12 heteroatoms. The molecule has 41 heavy (non-hydrogen) atoms. The number of carbonyl (C=O) groups is 3. The first kappa shape index (κ1) is 30.2. The monoisotopic (exact) mass is 570 g/mol. The molecule has 12 nitrogen and oxygen atoms in total. The van der Waals surface area contributed by atoms with E-state index in [0.29, 0.717) is 35.1 Å². The lowest BCUT2D eigenvalue weighted by Crippen LogP contribution is -2.50. The number of aliphatic hydroxyl groups is 1. The number of aryl methyl sites for hydroxylation is 2. The number of hydrogen-bond donors (Lipinski definition) is 4. The zero-order chi connectivity index (χ0) is 29.7. The summed E-state index contributed by atoms with van der Waals surface area (Å²) in [6.07, 6.45) is 4.85. The maximum atomic E-state index is 13.7. The van der Waals surface area contributed by atoms with Crippen LogP contribution in [-0.4, -0.2) is 83.0 Å². The lowest BCUT2D eigenvalue weighted by Gasteiger charge is -2.38. The van der Waals surface area contributed by atoms with E-state index < -0.39 is 12.1 Å². The van der Waals surface area contributed by atoms with Crippen LogP contribution in [0, 0.1) is 19.8 Å². The van der Waals surface area contributed by atoms with Crippen molar-refractivity contribution in [1.29, 1.82) is 0 Å². The van der Waals surface area contributed by atoms with Crippen LogP contribution >= 0.6 is 0 Å². The summed E-state index contributed by atoms with van der Waals surface area (Å²) in [5, 5.41) is 22.5. The van der Waals surface area contributed by atoms with Crippen LogP contribution in [0.3, 0.4) is 0 Å². The van der Waals surface area contributed by atoms with Crippen LogP contribution in [0.15, 0.2) is 22.7 Å². The first-order valence-electron chi connectivity index (χ1n) is 14.3. The summed E-state index contributed by atoms with van der Waals surface area (Å²) in [7, 11) is 1.67. The van der Waals surface area contributed by atoms with Crippen molar-refractivity contribution >= 4 is 29.3 Å². The summed E-state index contributed by atoms with van der Waals surface area (Å²) in [6.45, 7) is 7.54. The third-order valence-electron chi connectivity index (χ3n) is 7.93. The maximum absolute atomic E-state index is 13.7. The van der Waals surface area contributed by atoms with Crippen molar-refractivity contribution < 1.29 is 28.8 Å². The minimum absolute atomic E-state index is 0.146. The van der Waals surface area contributed by atoms with Crippen LogP contribution < -0.4 is 20.7 Å². The summed E-state index contributed by atoms with van der Waals surface area (Å²) in [6, 6.07) is 4.02. The molecule has 1 saturated carbocycles. The fourth-order valence-electron chi connectivity index (χ4n) is 5.33. The predicted molar refractivity (Wildman–Crippen MR) is 154 cm³/mol. The molecule has 0 bridgehead atoms. The lowest BCUT2D eigenvalue weighted by molar-refractivity contribution is 0.0371. The highest BCUT2D eigenvalue weighted by Crippen LogP contribution is 2.31. The molecule has 2 aromatic rings. The van der Waals surface area contributed by atoms with E-state index in [0.717, 1.165) is 25.7 Å². The normalized spacial score (nSPS) is 20.2. The van der Waals surface area contributed by atoms with Crippen molar-refractivity contribution in [3.8, 4) is 5.75 Å². The zero-order valence-corrected chi connectivity index (χ0v) is 24.5. The van der Waals surface area contributed by atoms with Crippen LogP contribution in [0.2, 0.25) is 0 Å². The molecular formula is C29H42N6O6. The SMILES string of the molecule is Cc1noc(C)c1NC(=O)N(C)C[C@H]1Oc2ccc(NC(=O)NC3CCCCC3)cc2C(=O)N([C@H](C)CO)C[C@H]1C.